The quantitative estimate of drug-likeness (QED) is 0.648. The van der Waals surface area contributed by atoms with Crippen molar-refractivity contribution in [1.29, 1.82) is 0 Å². The van der Waals surface area contributed by atoms with Crippen LogP contribution in [-0.4, -0.2) is 22.3 Å². The zero-order valence-electron chi connectivity index (χ0n) is 15.0. The molecule has 0 aromatic carbocycles. The molecular weight excluding hydrogens is 326 g/mol. The minimum atomic E-state index is -0.521. The molecule has 0 spiro atoms. The molecule has 1 fully saturated rings. The van der Waals surface area contributed by atoms with Gasteiger partial charge < -0.3 is 11.1 Å². The summed E-state index contributed by atoms with van der Waals surface area (Å²) in [5.74, 6) is 6.03. The first-order valence-electron chi connectivity index (χ1n) is 9.33. The summed E-state index contributed by atoms with van der Waals surface area (Å²) in [5.41, 5.74) is 5.80. The van der Waals surface area contributed by atoms with Crippen LogP contribution in [0.4, 0.5) is 0 Å². The highest BCUT2D eigenvalue weighted by atomic mass is 16.2. The summed E-state index contributed by atoms with van der Waals surface area (Å²) in [6.07, 6.45) is 14.9. The van der Waals surface area contributed by atoms with E-state index >= 15 is 0 Å². The molecule has 0 unspecified atom stereocenters. The van der Waals surface area contributed by atoms with Crippen molar-refractivity contribution in [3.05, 3.63) is 41.7 Å². The molecule has 5 nitrogen and oxygen atoms in total. The number of hydrogen-bond acceptors (Lipinski definition) is 3. The normalized spacial score (nSPS) is 21.3. The van der Waals surface area contributed by atoms with E-state index in [0.717, 1.165) is 44.9 Å². The molecular formula is C21H25N3O2. The highest BCUT2D eigenvalue weighted by Gasteiger charge is 2.33. The average molecular weight is 351 g/mol. The predicted octanol–water partition coefficient (Wildman–Crippen LogP) is 2.71. The maximum absolute atomic E-state index is 12.7. The van der Waals surface area contributed by atoms with E-state index < -0.39 is 11.4 Å². The monoisotopic (exact) mass is 351 g/mol. The standard InChI is InChI=1S/C21H25N3O2/c22-19(25)18-13-16(14-23-15-18)9-12-21(10-5-2-6-11-21)24-20(26)17-7-3-1-4-8-17/h1,3,13-15,17H,2,4-8,10-11H2,(H2,22,25)(H,24,26)/t17-/m0/s1. The lowest BCUT2D eigenvalue weighted by Crippen LogP contribution is -2.50. The Hall–Kier alpha value is -2.61. The lowest BCUT2D eigenvalue weighted by atomic mass is 9.81. The lowest BCUT2D eigenvalue weighted by molar-refractivity contribution is -0.126. The number of rotatable bonds is 3. The summed E-state index contributed by atoms with van der Waals surface area (Å²) in [7, 11) is 0. The first-order valence-corrected chi connectivity index (χ1v) is 9.33. The van der Waals surface area contributed by atoms with Gasteiger partial charge in [0.15, 0.2) is 0 Å². The molecule has 136 valence electrons. The third-order valence-electron chi connectivity index (χ3n) is 5.18. The molecule has 0 radical (unpaired) electrons. The summed E-state index contributed by atoms with van der Waals surface area (Å²) in [6.45, 7) is 0. The van der Waals surface area contributed by atoms with Crippen molar-refractivity contribution >= 4 is 11.8 Å². The predicted molar refractivity (Wildman–Crippen MR) is 100 cm³/mol. The van der Waals surface area contributed by atoms with Crippen LogP contribution in [0.25, 0.3) is 0 Å². The van der Waals surface area contributed by atoms with E-state index in [1.807, 2.05) is 0 Å². The van der Waals surface area contributed by atoms with Crippen LogP contribution in [0.2, 0.25) is 0 Å². The minimum Gasteiger partial charge on any atom is -0.366 e. The first-order chi connectivity index (χ1) is 12.6. The Kier molecular flexibility index (Phi) is 5.72. The maximum Gasteiger partial charge on any atom is 0.250 e. The Bertz CT molecular complexity index is 767. The van der Waals surface area contributed by atoms with Gasteiger partial charge in [-0.25, -0.2) is 0 Å². The zero-order chi connectivity index (χ0) is 18.4. The van der Waals surface area contributed by atoms with Crippen LogP contribution in [0.5, 0.6) is 0 Å². The number of nitrogens with two attached hydrogens (primary N) is 1. The van der Waals surface area contributed by atoms with Crippen LogP contribution < -0.4 is 11.1 Å². The molecule has 3 N–H and O–H groups in total. The largest absolute Gasteiger partial charge is 0.366 e. The first kappa shape index (κ1) is 18.2. The van der Waals surface area contributed by atoms with Gasteiger partial charge >= 0.3 is 0 Å². The summed E-state index contributed by atoms with van der Waals surface area (Å²) in [4.78, 5) is 28.1. The van der Waals surface area contributed by atoms with Gasteiger partial charge in [-0.15, -0.1) is 0 Å². The number of aromatic nitrogens is 1. The molecule has 0 bridgehead atoms. The second-order valence-electron chi connectivity index (χ2n) is 7.19. The molecule has 1 aromatic heterocycles. The molecule has 0 saturated heterocycles. The van der Waals surface area contributed by atoms with Crippen LogP contribution in [0.1, 0.15) is 67.3 Å². The van der Waals surface area contributed by atoms with Crippen molar-refractivity contribution in [2.75, 3.05) is 0 Å². The number of nitrogens with one attached hydrogen (secondary N) is 1. The minimum absolute atomic E-state index is 0.0421. The molecule has 5 heteroatoms. The fraction of sp³-hybridized carbons (Fsp3) is 0.476. The summed E-state index contributed by atoms with van der Waals surface area (Å²) >= 11 is 0. The molecule has 3 rings (SSSR count). The topological polar surface area (TPSA) is 85.1 Å². The van der Waals surface area contributed by atoms with E-state index in [1.165, 1.54) is 12.6 Å². The zero-order valence-corrected chi connectivity index (χ0v) is 15.0. The highest BCUT2D eigenvalue weighted by molar-refractivity contribution is 5.92. The number of carbonyl (C=O) groups excluding carboxylic acids is 2. The van der Waals surface area contributed by atoms with E-state index in [9.17, 15) is 9.59 Å². The Labute approximate surface area is 154 Å². The van der Waals surface area contributed by atoms with Gasteiger partial charge in [0.1, 0.15) is 5.54 Å². The fourth-order valence-electron chi connectivity index (χ4n) is 3.64. The summed E-state index contributed by atoms with van der Waals surface area (Å²) in [6, 6.07) is 1.65. The average Bonchev–Trinajstić information content (AvgIpc) is 2.68. The number of hydrogen-bond donors (Lipinski definition) is 2. The molecule has 2 aliphatic carbocycles. The summed E-state index contributed by atoms with van der Waals surface area (Å²) in [5, 5.41) is 3.25. The lowest BCUT2D eigenvalue weighted by Gasteiger charge is -2.35. The SMILES string of the molecule is NC(=O)c1cncc(C#CC2(NC(=O)[C@H]3CC=CCC3)CCCCC2)c1. The Morgan fingerprint density at radius 3 is 2.69 bits per heavy atom. The number of pyridine rings is 1. The van der Waals surface area contributed by atoms with Crippen molar-refractivity contribution in [3.8, 4) is 11.8 Å². The van der Waals surface area contributed by atoms with Gasteiger partial charge in [0.2, 0.25) is 11.8 Å². The Balaban J connectivity index is 1.80. The molecule has 1 saturated carbocycles. The second-order valence-corrected chi connectivity index (χ2v) is 7.19. The van der Waals surface area contributed by atoms with Gasteiger partial charge in [-0.1, -0.05) is 43.3 Å². The maximum atomic E-state index is 12.7. The van der Waals surface area contributed by atoms with Crippen LogP contribution in [0.15, 0.2) is 30.6 Å². The molecule has 1 heterocycles. The second kappa shape index (κ2) is 8.18. The van der Waals surface area contributed by atoms with Crippen molar-refractivity contribution in [2.45, 2.75) is 56.9 Å². The molecule has 2 amide bonds. The van der Waals surface area contributed by atoms with E-state index in [0.29, 0.717) is 11.1 Å². The van der Waals surface area contributed by atoms with E-state index in [4.69, 9.17) is 5.73 Å². The van der Waals surface area contributed by atoms with E-state index in [2.05, 4.69) is 34.3 Å². The number of amides is 2. The summed E-state index contributed by atoms with van der Waals surface area (Å²) < 4.78 is 0. The number of primary amides is 1. The number of nitrogens with zero attached hydrogens (tertiary/aromatic N) is 1. The van der Waals surface area contributed by atoms with Crippen molar-refractivity contribution in [2.24, 2.45) is 11.7 Å². The van der Waals surface area contributed by atoms with Crippen LogP contribution in [-0.2, 0) is 4.79 Å². The number of carbonyl (C=O) groups is 2. The Morgan fingerprint density at radius 2 is 2.00 bits per heavy atom. The van der Waals surface area contributed by atoms with Gasteiger partial charge in [-0.05, 0) is 38.2 Å². The molecule has 2 aliphatic rings. The van der Waals surface area contributed by atoms with Crippen molar-refractivity contribution < 1.29 is 9.59 Å². The van der Waals surface area contributed by atoms with E-state index in [-0.39, 0.29) is 11.8 Å². The van der Waals surface area contributed by atoms with Crippen LogP contribution in [0.3, 0.4) is 0 Å². The van der Waals surface area contributed by atoms with Gasteiger partial charge in [0, 0.05) is 23.9 Å². The van der Waals surface area contributed by atoms with Gasteiger partial charge in [0.05, 0.1) is 5.56 Å². The highest BCUT2D eigenvalue weighted by Crippen LogP contribution is 2.29. The van der Waals surface area contributed by atoms with Crippen LogP contribution in [0, 0.1) is 17.8 Å². The van der Waals surface area contributed by atoms with Gasteiger partial charge in [0.25, 0.3) is 0 Å². The van der Waals surface area contributed by atoms with Crippen molar-refractivity contribution in [3.63, 3.8) is 0 Å². The van der Waals surface area contributed by atoms with Crippen molar-refractivity contribution in [1.82, 2.24) is 10.3 Å². The van der Waals surface area contributed by atoms with Gasteiger partial charge in [-0.2, -0.15) is 0 Å². The van der Waals surface area contributed by atoms with Crippen LogP contribution >= 0.6 is 0 Å². The fourth-order valence-corrected chi connectivity index (χ4v) is 3.64. The molecule has 1 atom stereocenters. The van der Waals surface area contributed by atoms with Gasteiger partial charge in [-0.3, -0.25) is 14.6 Å². The molecule has 1 aromatic rings. The smallest absolute Gasteiger partial charge is 0.250 e. The Morgan fingerprint density at radius 1 is 1.19 bits per heavy atom. The van der Waals surface area contributed by atoms with E-state index in [1.54, 1.807) is 12.3 Å². The third kappa shape index (κ3) is 4.51. The number of allylic oxidation sites excluding steroid dienone is 2. The molecule has 0 aliphatic heterocycles. The molecule has 26 heavy (non-hydrogen) atoms. The third-order valence-corrected chi connectivity index (χ3v) is 5.18.